The first-order valence-corrected chi connectivity index (χ1v) is 19.9. The van der Waals surface area contributed by atoms with E-state index in [2.05, 4.69) is 182 Å². The van der Waals surface area contributed by atoms with Gasteiger partial charge >= 0.3 is 0 Å². The van der Waals surface area contributed by atoms with E-state index in [-0.39, 0.29) is 49.7 Å². The van der Waals surface area contributed by atoms with Crippen LogP contribution in [-0.4, -0.2) is 15.3 Å². The van der Waals surface area contributed by atoms with Crippen molar-refractivity contribution < 1.29 is 15.3 Å². The molecule has 3 nitrogen and oxygen atoms in total. The minimum absolute atomic E-state index is 0.178. The molecule has 4 rings (SSSR count). The minimum Gasteiger partial charge on any atom is -0.507 e. The van der Waals surface area contributed by atoms with Crippen molar-refractivity contribution in [2.24, 2.45) is 0 Å². The van der Waals surface area contributed by atoms with Crippen LogP contribution in [0.4, 0.5) is 0 Å². The maximum Gasteiger partial charge on any atom is 0.127 e. The summed E-state index contributed by atoms with van der Waals surface area (Å²) in [5.74, 6) is 0.815. The predicted octanol–water partition coefficient (Wildman–Crippen LogP) is 14.5. The Morgan fingerprint density at radius 1 is 0.296 bits per heavy atom. The van der Waals surface area contributed by atoms with Gasteiger partial charge in [-0.05, 0) is 122 Å². The van der Waals surface area contributed by atoms with E-state index < -0.39 is 0 Å². The van der Waals surface area contributed by atoms with E-state index >= 15 is 0 Å². The molecule has 4 aromatic rings. The van der Waals surface area contributed by atoms with Crippen LogP contribution in [0.5, 0.6) is 17.2 Å². The predicted molar refractivity (Wildman–Crippen MR) is 234 cm³/mol. The largest absolute Gasteiger partial charge is 0.507 e. The molecule has 0 atom stereocenters. The molecule has 0 heterocycles. The highest BCUT2D eigenvalue weighted by Gasteiger charge is 2.33. The van der Waals surface area contributed by atoms with E-state index in [0.717, 1.165) is 83.5 Å². The Hall–Kier alpha value is -3.72. The van der Waals surface area contributed by atoms with Crippen LogP contribution in [0.15, 0.2) is 36.4 Å². The van der Waals surface area contributed by atoms with Gasteiger partial charge in [-0.15, -0.1) is 0 Å². The third kappa shape index (κ3) is 7.98. The molecule has 3 N–H and O–H groups in total. The normalized spacial score (nSPS) is 13.5. The lowest BCUT2D eigenvalue weighted by molar-refractivity contribution is 0.446. The molecule has 0 aliphatic heterocycles. The van der Waals surface area contributed by atoms with Crippen LogP contribution in [0.2, 0.25) is 0 Å². The second-order valence-corrected chi connectivity index (χ2v) is 22.3. The van der Waals surface area contributed by atoms with Gasteiger partial charge in [0, 0.05) is 33.4 Å². The molecule has 0 saturated carbocycles. The fraction of sp³-hybridized carbons (Fsp3) is 0.529. The highest BCUT2D eigenvalue weighted by Crippen LogP contribution is 2.54. The fourth-order valence-electron chi connectivity index (χ4n) is 7.92. The molecule has 0 spiro atoms. The molecule has 0 bridgehead atoms. The molecule has 0 aromatic heterocycles. The number of phenolic OH excluding ortho intramolecular Hbond substituents is 3. The second-order valence-electron chi connectivity index (χ2n) is 22.3. The maximum absolute atomic E-state index is 12.4. The van der Waals surface area contributed by atoms with Crippen molar-refractivity contribution in [2.75, 3.05) is 0 Å². The van der Waals surface area contributed by atoms with Crippen LogP contribution < -0.4 is 0 Å². The zero-order chi connectivity index (χ0) is 41.6. The summed E-state index contributed by atoms with van der Waals surface area (Å²) in [4.78, 5) is 0. The third-order valence-electron chi connectivity index (χ3n) is 11.4. The van der Waals surface area contributed by atoms with Crippen molar-refractivity contribution in [1.29, 1.82) is 0 Å². The first-order valence-electron chi connectivity index (χ1n) is 19.9. The molecule has 0 fully saturated rings. The van der Waals surface area contributed by atoms with E-state index in [4.69, 9.17) is 0 Å². The van der Waals surface area contributed by atoms with Crippen molar-refractivity contribution >= 4 is 0 Å². The van der Waals surface area contributed by atoms with Crippen molar-refractivity contribution in [3.63, 3.8) is 0 Å². The molecule has 3 heteroatoms. The van der Waals surface area contributed by atoms with Crippen molar-refractivity contribution in [3.8, 4) is 50.6 Å². The van der Waals surface area contributed by atoms with Gasteiger partial charge in [0.25, 0.3) is 0 Å². The molecule has 54 heavy (non-hydrogen) atoms. The Morgan fingerprint density at radius 2 is 0.481 bits per heavy atom. The summed E-state index contributed by atoms with van der Waals surface area (Å²) in [6.45, 7) is 45.7. The van der Waals surface area contributed by atoms with Gasteiger partial charge in [-0.2, -0.15) is 0 Å². The van der Waals surface area contributed by atoms with Crippen LogP contribution in [0, 0.1) is 20.8 Å². The average Bonchev–Trinajstić information content (AvgIpc) is 2.96. The summed E-state index contributed by atoms with van der Waals surface area (Å²) in [6.07, 6.45) is 0. The van der Waals surface area contributed by atoms with E-state index in [9.17, 15) is 15.3 Å². The molecule has 0 saturated heterocycles. The van der Waals surface area contributed by atoms with E-state index in [1.807, 2.05) is 0 Å². The Labute approximate surface area is 329 Å². The molecule has 0 aliphatic carbocycles. The van der Waals surface area contributed by atoms with Gasteiger partial charge in [0.15, 0.2) is 0 Å². The standard InChI is InChI=1S/C51H72O3/c1-28-40(34-22-31(46(4,5)6)25-37(43(34)52)49(13,14)15)29(2)42(36-24-33(48(10,11)12)27-39(45(36)54)51(19,20)21)30(3)41(28)35-23-32(47(7,8)9)26-38(44(35)53)50(16,17)18/h22-27,52-54H,1-21H3. The first kappa shape index (κ1) is 43.0. The zero-order valence-corrected chi connectivity index (χ0v) is 37.8. The Morgan fingerprint density at radius 3 is 0.630 bits per heavy atom. The number of hydrogen-bond acceptors (Lipinski definition) is 3. The maximum atomic E-state index is 12.4. The lowest BCUT2D eigenvalue weighted by Crippen LogP contribution is -2.18. The molecule has 0 amide bonds. The van der Waals surface area contributed by atoms with Gasteiger partial charge in [0.05, 0.1) is 0 Å². The van der Waals surface area contributed by atoms with Crippen LogP contribution in [0.3, 0.4) is 0 Å². The summed E-state index contributed by atoms with van der Waals surface area (Å²) in [7, 11) is 0. The topological polar surface area (TPSA) is 60.7 Å². The van der Waals surface area contributed by atoms with E-state index in [1.165, 1.54) is 0 Å². The Kier molecular flexibility index (Phi) is 10.7. The smallest absolute Gasteiger partial charge is 0.127 e. The van der Waals surface area contributed by atoms with Crippen LogP contribution in [0.25, 0.3) is 33.4 Å². The van der Waals surface area contributed by atoms with Crippen molar-refractivity contribution in [1.82, 2.24) is 0 Å². The van der Waals surface area contributed by atoms with Crippen LogP contribution in [-0.2, 0) is 32.5 Å². The number of hydrogen-bond donors (Lipinski definition) is 3. The number of benzene rings is 4. The Balaban J connectivity index is 2.44. The summed E-state index contributed by atoms with van der Waals surface area (Å²) in [6, 6.07) is 13.0. The molecular weight excluding hydrogens is 661 g/mol. The third-order valence-corrected chi connectivity index (χ3v) is 11.4. The Bertz CT molecular complexity index is 1840. The van der Waals surface area contributed by atoms with Gasteiger partial charge in [0.1, 0.15) is 17.2 Å². The zero-order valence-electron chi connectivity index (χ0n) is 37.8. The van der Waals surface area contributed by atoms with Gasteiger partial charge in [-0.25, -0.2) is 0 Å². The lowest BCUT2D eigenvalue weighted by atomic mass is 9.73. The van der Waals surface area contributed by atoms with E-state index in [0.29, 0.717) is 0 Å². The average molecular weight is 733 g/mol. The van der Waals surface area contributed by atoms with E-state index in [1.54, 1.807) is 0 Å². The summed E-state index contributed by atoms with van der Waals surface area (Å²) in [5.41, 5.74) is 12.7. The monoisotopic (exact) mass is 733 g/mol. The molecular formula is C51H72O3. The second kappa shape index (κ2) is 13.5. The quantitative estimate of drug-likeness (QED) is 0.197. The SMILES string of the molecule is Cc1c(-c2cc(C(C)(C)C)cc(C(C)(C)C)c2O)c(C)c(-c2cc(C(C)(C)C)cc(C(C)(C)C)c2O)c(C)c1-c1cc(C(C)(C)C)cc(C(C)(C)C)c1O. The van der Waals surface area contributed by atoms with Gasteiger partial charge in [-0.3, -0.25) is 0 Å². The van der Waals surface area contributed by atoms with Crippen LogP contribution >= 0.6 is 0 Å². The van der Waals surface area contributed by atoms with Gasteiger partial charge < -0.3 is 15.3 Å². The summed E-state index contributed by atoms with van der Waals surface area (Å²) in [5, 5.41) is 37.3. The highest BCUT2D eigenvalue weighted by atomic mass is 16.3. The number of aromatic hydroxyl groups is 3. The number of phenols is 3. The fourth-order valence-corrected chi connectivity index (χ4v) is 7.92. The summed E-state index contributed by atoms with van der Waals surface area (Å²) < 4.78 is 0. The minimum atomic E-state index is -0.319. The first-order chi connectivity index (χ1) is 24.1. The molecule has 4 aromatic carbocycles. The molecule has 0 unspecified atom stereocenters. The van der Waals surface area contributed by atoms with Gasteiger partial charge in [-0.1, -0.05) is 143 Å². The van der Waals surface area contributed by atoms with Crippen molar-refractivity contribution in [2.45, 2.75) is 178 Å². The molecule has 0 aliphatic rings. The number of rotatable bonds is 3. The van der Waals surface area contributed by atoms with Crippen molar-refractivity contribution in [3.05, 3.63) is 86.5 Å². The lowest BCUT2D eigenvalue weighted by Gasteiger charge is -2.32. The summed E-state index contributed by atoms with van der Waals surface area (Å²) >= 11 is 0. The highest BCUT2D eigenvalue weighted by molar-refractivity contribution is 5.96. The van der Waals surface area contributed by atoms with Crippen LogP contribution in [0.1, 0.15) is 175 Å². The molecule has 294 valence electrons. The van der Waals surface area contributed by atoms with Gasteiger partial charge in [0.2, 0.25) is 0 Å². The molecule has 0 radical (unpaired) electrons.